The molecule has 152 valence electrons. The number of imidazole rings is 1. The number of carbonyl (C=O) groups is 1. The van der Waals surface area contributed by atoms with Crippen molar-refractivity contribution >= 4 is 27.8 Å². The van der Waals surface area contributed by atoms with Crippen LogP contribution in [0.25, 0.3) is 33.1 Å². The molecule has 1 aliphatic rings. The second-order valence-corrected chi connectivity index (χ2v) is 8.06. The number of pyridine rings is 1. The third-order valence-corrected chi connectivity index (χ3v) is 6.11. The number of hydrogen-bond acceptors (Lipinski definition) is 4. The zero-order valence-electron chi connectivity index (χ0n) is 17.3. The molecule has 0 bridgehead atoms. The Bertz CT molecular complexity index is 1280. The third kappa shape index (κ3) is 3.18. The summed E-state index contributed by atoms with van der Waals surface area (Å²) in [4.78, 5) is 20.8. The van der Waals surface area contributed by atoms with Gasteiger partial charge in [-0.3, -0.25) is 9.78 Å². The van der Waals surface area contributed by atoms with Crippen LogP contribution in [0, 0.1) is 12.8 Å². The Hall–Kier alpha value is -3.41. The number of amides is 1. The van der Waals surface area contributed by atoms with Crippen molar-refractivity contribution in [1.29, 1.82) is 0 Å². The number of carbonyl (C=O) groups excluding carboxylic acids is 1. The molecule has 1 unspecified atom stereocenters. The average Bonchev–Trinajstić information content (AvgIpc) is 3.30. The van der Waals surface area contributed by atoms with Gasteiger partial charge in [-0.05, 0) is 61.4 Å². The van der Waals surface area contributed by atoms with Crippen molar-refractivity contribution in [3.63, 3.8) is 0 Å². The van der Waals surface area contributed by atoms with Crippen LogP contribution in [0.2, 0.25) is 0 Å². The molecule has 1 amide bonds. The number of aryl methyl sites for hydroxylation is 2. The van der Waals surface area contributed by atoms with Gasteiger partial charge < -0.3 is 14.6 Å². The van der Waals surface area contributed by atoms with Crippen LogP contribution in [0.15, 0.2) is 48.7 Å². The summed E-state index contributed by atoms with van der Waals surface area (Å²) < 4.78 is 8.47. The second kappa shape index (κ2) is 7.13. The van der Waals surface area contributed by atoms with Gasteiger partial charge in [0.1, 0.15) is 17.7 Å². The van der Waals surface area contributed by atoms with Crippen molar-refractivity contribution in [2.24, 2.45) is 13.0 Å². The molecule has 30 heavy (non-hydrogen) atoms. The summed E-state index contributed by atoms with van der Waals surface area (Å²) in [5, 5.41) is 3.87. The van der Waals surface area contributed by atoms with Crippen molar-refractivity contribution in [2.45, 2.75) is 26.4 Å². The Morgan fingerprint density at radius 3 is 2.80 bits per heavy atom. The summed E-state index contributed by atoms with van der Waals surface area (Å²) in [6, 6.07) is 14.4. The van der Waals surface area contributed by atoms with E-state index in [4.69, 9.17) is 4.74 Å². The molecule has 6 nitrogen and oxygen atoms in total. The lowest BCUT2D eigenvalue weighted by molar-refractivity contribution is -0.119. The highest BCUT2D eigenvalue weighted by Gasteiger charge is 2.28. The maximum atomic E-state index is 11.6. The Morgan fingerprint density at radius 1 is 1.17 bits per heavy atom. The van der Waals surface area contributed by atoms with E-state index in [0.717, 1.165) is 44.6 Å². The minimum absolute atomic E-state index is 0.0801. The topological polar surface area (TPSA) is 69.0 Å². The van der Waals surface area contributed by atoms with Gasteiger partial charge in [-0.15, -0.1) is 0 Å². The summed E-state index contributed by atoms with van der Waals surface area (Å²) in [7, 11) is 2.03. The molecule has 2 atom stereocenters. The number of fused-ring (bicyclic) bond motifs is 2. The Kier molecular flexibility index (Phi) is 4.42. The van der Waals surface area contributed by atoms with E-state index in [1.54, 1.807) is 6.20 Å². The molecule has 1 aliphatic heterocycles. The normalized spacial score (nSPS) is 17.4. The smallest absolute Gasteiger partial charge is 0.220 e. The molecule has 0 aliphatic carbocycles. The number of nitrogens with one attached hydrogen (secondary N) is 1. The predicted octanol–water partition coefficient (Wildman–Crippen LogP) is 4.00. The average molecular weight is 400 g/mol. The monoisotopic (exact) mass is 400 g/mol. The van der Waals surface area contributed by atoms with E-state index in [9.17, 15) is 4.79 Å². The van der Waals surface area contributed by atoms with Crippen molar-refractivity contribution in [2.75, 3.05) is 6.54 Å². The maximum absolute atomic E-state index is 11.6. The van der Waals surface area contributed by atoms with Crippen LogP contribution in [-0.4, -0.2) is 33.1 Å². The number of ether oxygens (including phenoxy) is 1. The van der Waals surface area contributed by atoms with Crippen LogP contribution in [0.3, 0.4) is 0 Å². The lowest BCUT2D eigenvalue weighted by Gasteiger charge is -2.21. The first kappa shape index (κ1) is 18.6. The SMILES string of the molecule is Cc1nc2cc(-c3cc(O[C@H](C)C4CNC(=O)C4)c4cccnc4c3)ccc2n1C. The largest absolute Gasteiger partial charge is 0.490 e. The van der Waals surface area contributed by atoms with Gasteiger partial charge >= 0.3 is 0 Å². The minimum atomic E-state index is -0.0801. The van der Waals surface area contributed by atoms with E-state index in [2.05, 4.69) is 50.2 Å². The van der Waals surface area contributed by atoms with Crippen LogP contribution in [-0.2, 0) is 11.8 Å². The Morgan fingerprint density at radius 2 is 2.00 bits per heavy atom. The first-order valence-corrected chi connectivity index (χ1v) is 10.2. The molecule has 0 spiro atoms. The second-order valence-electron chi connectivity index (χ2n) is 8.06. The van der Waals surface area contributed by atoms with E-state index in [1.807, 2.05) is 33.0 Å². The number of nitrogens with zero attached hydrogens (tertiary/aromatic N) is 3. The van der Waals surface area contributed by atoms with E-state index >= 15 is 0 Å². The van der Waals surface area contributed by atoms with Crippen molar-refractivity contribution in [1.82, 2.24) is 19.9 Å². The molecule has 2 aromatic heterocycles. The van der Waals surface area contributed by atoms with Gasteiger partial charge in [0, 0.05) is 37.5 Å². The van der Waals surface area contributed by atoms with E-state index in [-0.39, 0.29) is 17.9 Å². The summed E-state index contributed by atoms with van der Waals surface area (Å²) in [5.41, 5.74) is 5.08. The molecule has 1 N–H and O–H groups in total. The lowest BCUT2D eigenvalue weighted by Crippen LogP contribution is -2.25. The van der Waals surface area contributed by atoms with Crippen molar-refractivity contribution in [3.8, 4) is 16.9 Å². The first-order valence-electron chi connectivity index (χ1n) is 10.2. The fourth-order valence-electron chi connectivity index (χ4n) is 4.17. The highest BCUT2D eigenvalue weighted by atomic mass is 16.5. The molecule has 1 fully saturated rings. The number of benzene rings is 2. The van der Waals surface area contributed by atoms with E-state index < -0.39 is 0 Å². The molecule has 6 heteroatoms. The minimum Gasteiger partial charge on any atom is -0.490 e. The Balaban J connectivity index is 1.57. The van der Waals surface area contributed by atoms with Gasteiger partial charge in [0.15, 0.2) is 0 Å². The molecule has 0 radical (unpaired) electrons. The third-order valence-electron chi connectivity index (χ3n) is 6.11. The van der Waals surface area contributed by atoms with Gasteiger partial charge in [0.2, 0.25) is 5.91 Å². The molecule has 1 saturated heterocycles. The molecule has 2 aromatic carbocycles. The van der Waals surface area contributed by atoms with E-state index in [0.29, 0.717) is 13.0 Å². The zero-order chi connectivity index (χ0) is 20.8. The van der Waals surface area contributed by atoms with Gasteiger partial charge in [-0.25, -0.2) is 4.98 Å². The number of hydrogen-bond donors (Lipinski definition) is 1. The summed E-state index contributed by atoms with van der Waals surface area (Å²) in [6.07, 6.45) is 2.22. The fourth-order valence-corrected chi connectivity index (χ4v) is 4.17. The highest BCUT2D eigenvalue weighted by Crippen LogP contribution is 2.34. The molecular weight excluding hydrogens is 376 g/mol. The van der Waals surface area contributed by atoms with Crippen molar-refractivity contribution < 1.29 is 9.53 Å². The predicted molar refractivity (Wildman–Crippen MR) is 117 cm³/mol. The molecule has 4 aromatic rings. The number of aromatic nitrogens is 3. The van der Waals surface area contributed by atoms with Gasteiger partial charge in [-0.2, -0.15) is 0 Å². The molecule has 3 heterocycles. The maximum Gasteiger partial charge on any atom is 0.220 e. The fraction of sp³-hybridized carbons (Fsp3) is 0.292. The van der Waals surface area contributed by atoms with Crippen LogP contribution >= 0.6 is 0 Å². The Labute approximate surface area is 174 Å². The lowest BCUT2D eigenvalue weighted by atomic mass is 10.0. The summed E-state index contributed by atoms with van der Waals surface area (Å²) >= 11 is 0. The van der Waals surface area contributed by atoms with Crippen LogP contribution in [0.5, 0.6) is 5.75 Å². The molecular formula is C24H24N4O2. The van der Waals surface area contributed by atoms with Crippen LogP contribution in [0.1, 0.15) is 19.2 Å². The standard InChI is InChI=1S/C24H24N4O2/c1-14(18-12-24(29)26-13-18)30-23-11-17(10-20-19(23)5-4-8-25-20)16-6-7-22-21(9-16)27-15(2)28(22)3/h4-11,14,18H,12-13H2,1-3H3,(H,26,29)/t14-,18?/m1/s1. The first-order chi connectivity index (χ1) is 14.5. The quantitative estimate of drug-likeness (QED) is 0.562. The van der Waals surface area contributed by atoms with Gasteiger partial charge in [0.05, 0.1) is 16.6 Å². The van der Waals surface area contributed by atoms with Gasteiger partial charge in [-0.1, -0.05) is 6.07 Å². The summed E-state index contributed by atoms with van der Waals surface area (Å²) in [6.45, 7) is 4.70. The highest BCUT2D eigenvalue weighted by molar-refractivity contribution is 5.91. The van der Waals surface area contributed by atoms with E-state index in [1.165, 1.54) is 0 Å². The molecule has 0 saturated carbocycles. The van der Waals surface area contributed by atoms with Crippen LogP contribution in [0.4, 0.5) is 0 Å². The van der Waals surface area contributed by atoms with Crippen LogP contribution < -0.4 is 10.1 Å². The van der Waals surface area contributed by atoms with Gasteiger partial charge in [0.25, 0.3) is 0 Å². The zero-order valence-corrected chi connectivity index (χ0v) is 17.3. The summed E-state index contributed by atoms with van der Waals surface area (Å²) in [5.74, 6) is 2.04. The molecule has 5 rings (SSSR count). The number of rotatable bonds is 4. The van der Waals surface area contributed by atoms with Crippen molar-refractivity contribution in [3.05, 3.63) is 54.5 Å².